The maximum Gasteiger partial charge on any atom is 0.146 e. The average Bonchev–Trinajstić information content (AvgIpc) is 2.89. The molecule has 2 heterocycles. The topological polar surface area (TPSA) is 94.4 Å². The molecule has 2 aromatic carbocycles. The molecule has 0 aromatic heterocycles. The zero-order valence-corrected chi connectivity index (χ0v) is 22.0. The largest absolute Gasteiger partial charge is 0.508 e. The van der Waals surface area contributed by atoms with Gasteiger partial charge in [0.05, 0.1) is 18.8 Å². The molecular formula is C30H38N2O5. The summed E-state index contributed by atoms with van der Waals surface area (Å²) in [5.74, 6) is 0.767. The van der Waals surface area contributed by atoms with Gasteiger partial charge in [0.1, 0.15) is 29.2 Å². The molecule has 0 bridgehead atoms. The zero-order chi connectivity index (χ0) is 26.5. The molecule has 4 N–H and O–H groups in total. The molecule has 0 spiro atoms. The van der Waals surface area contributed by atoms with Crippen molar-refractivity contribution in [2.24, 2.45) is 0 Å². The van der Waals surface area contributed by atoms with Crippen LogP contribution in [0.2, 0.25) is 0 Å². The molecule has 1 fully saturated rings. The monoisotopic (exact) mass is 506 g/mol. The van der Waals surface area contributed by atoms with E-state index in [0.717, 1.165) is 50.4 Å². The molecule has 0 aliphatic carbocycles. The van der Waals surface area contributed by atoms with Gasteiger partial charge in [-0.1, -0.05) is 51.6 Å². The molecule has 4 rings (SSSR count). The van der Waals surface area contributed by atoms with Gasteiger partial charge in [-0.05, 0) is 47.7 Å². The fraction of sp³-hybridized carbons (Fsp3) is 0.400. The molecule has 2 atom stereocenters. The SMILES string of the molecule is C=C1C=C(C(O)NCC)C(c2ccc(CN3CCOCC3)cc2)=C(c2cc(C(C)CC)c(O)cc2O)O1. The fourth-order valence-corrected chi connectivity index (χ4v) is 4.78. The van der Waals surface area contributed by atoms with Gasteiger partial charge in [-0.15, -0.1) is 0 Å². The number of morpholine rings is 1. The molecule has 2 unspecified atom stereocenters. The van der Waals surface area contributed by atoms with Gasteiger partial charge >= 0.3 is 0 Å². The van der Waals surface area contributed by atoms with E-state index >= 15 is 0 Å². The van der Waals surface area contributed by atoms with Gasteiger partial charge < -0.3 is 24.8 Å². The van der Waals surface area contributed by atoms with E-state index < -0.39 is 6.23 Å². The molecule has 37 heavy (non-hydrogen) atoms. The molecular weight excluding hydrogens is 468 g/mol. The summed E-state index contributed by atoms with van der Waals surface area (Å²) in [7, 11) is 0. The molecule has 7 nitrogen and oxygen atoms in total. The molecule has 1 saturated heterocycles. The standard InChI is InChI=1S/C30H38N2O5/c1-5-19(3)23-16-24(27(34)17-26(23)33)29-28(25(15-20(4)37-29)30(35)31-6-2)22-9-7-21(8-10-22)18-32-11-13-36-14-12-32/h7-10,15-17,19,30-31,33-35H,4-6,11-14,18H2,1-3H3. The minimum Gasteiger partial charge on any atom is -0.508 e. The average molecular weight is 507 g/mol. The van der Waals surface area contributed by atoms with E-state index in [1.807, 2.05) is 32.9 Å². The van der Waals surface area contributed by atoms with E-state index in [2.05, 4.69) is 28.9 Å². The van der Waals surface area contributed by atoms with Crippen LogP contribution < -0.4 is 5.32 Å². The first kappa shape index (κ1) is 26.9. The normalized spacial score (nSPS) is 18.4. The summed E-state index contributed by atoms with van der Waals surface area (Å²) in [4.78, 5) is 2.36. The van der Waals surface area contributed by atoms with Gasteiger partial charge in [0.2, 0.25) is 0 Å². The second-order valence-electron chi connectivity index (χ2n) is 9.66. The summed E-state index contributed by atoms with van der Waals surface area (Å²) >= 11 is 0. The van der Waals surface area contributed by atoms with Gasteiger partial charge in [0.25, 0.3) is 0 Å². The Kier molecular flexibility index (Phi) is 8.71. The first-order valence-corrected chi connectivity index (χ1v) is 13.0. The van der Waals surface area contributed by atoms with Crippen LogP contribution in [-0.4, -0.2) is 59.3 Å². The van der Waals surface area contributed by atoms with Gasteiger partial charge in [-0.2, -0.15) is 0 Å². The highest BCUT2D eigenvalue weighted by Gasteiger charge is 2.29. The van der Waals surface area contributed by atoms with Crippen molar-refractivity contribution in [2.75, 3.05) is 32.8 Å². The molecule has 0 radical (unpaired) electrons. The van der Waals surface area contributed by atoms with Crippen molar-refractivity contribution in [3.05, 3.63) is 82.6 Å². The lowest BCUT2D eigenvalue weighted by Crippen LogP contribution is -2.35. The Morgan fingerprint density at radius 2 is 1.76 bits per heavy atom. The van der Waals surface area contributed by atoms with Crippen molar-refractivity contribution in [2.45, 2.75) is 45.9 Å². The van der Waals surface area contributed by atoms with Crippen LogP contribution in [0.15, 0.2) is 60.4 Å². The number of hydrogen-bond acceptors (Lipinski definition) is 7. The van der Waals surface area contributed by atoms with Crippen molar-refractivity contribution >= 4 is 11.3 Å². The number of phenols is 2. The lowest BCUT2D eigenvalue weighted by Gasteiger charge is -2.28. The van der Waals surface area contributed by atoms with Crippen molar-refractivity contribution in [1.29, 1.82) is 0 Å². The number of rotatable bonds is 9. The van der Waals surface area contributed by atoms with Gasteiger partial charge in [0.15, 0.2) is 0 Å². The number of ether oxygens (including phenoxy) is 2. The summed E-state index contributed by atoms with van der Waals surface area (Å²) in [6.07, 6.45) is 1.59. The number of benzene rings is 2. The van der Waals surface area contributed by atoms with E-state index in [1.165, 1.54) is 11.6 Å². The second kappa shape index (κ2) is 12.0. The molecule has 198 valence electrons. The third-order valence-corrected chi connectivity index (χ3v) is 7.04. The number of aromatic hydroxyl groups is 2. The smallest absolute Gasteiger partial charge is 0.146 e. The maximum absolute atomic E-state index is 11.0. The van der Waals surface area contributed by atoms with E-state index in [9.17, 15) is 15.3 Å². The van der Waals surface area contributed by atoms with Gasteiger partial charge in [-0.3, -0.25) is 10.2 Å². The van der Waals surface area contributed by atoms with Crippen molar-refractivity contribution < 1.29 is 24.8 Å². The van der Waals surface area contributed by atoms with Crippen LogP contribution in [0.3, 0.4) is 0 Å². The molecule has 0 saturated carbocycles. The van der Waals surface area contributed by atoms with Gasteiger partial charge in [-0.25, -0.2) is 0 Å². The highest BCUT2D eigenvalue weighted by atomic mass is 16.5. The molecule has 2 aliphatic rings. The third-order valence-electron chi connectivity index (χ3n) is 7.04. The Morgan fingerprint density at radius 3 is 2.41 bits per heavy atom. The zero-order valence-electron chi connectivity index (χ0n) is 22.0. The number of aliphatic hydroxyl groups excluding tert-OH is 1. The first-order valence-electron chi connectivity index (χ1n) is 13.0. The highest BCUT2D eigenvalue weighted by molar-refractivity contribution is 5.99. The minimum absolute atomic E-state index is 0.0447. The Labute approximate surface area is 219 Å². The van der Waals surface area contributed by atoms with Crippen LogP contribution in [0.4, 0.5) is 0 Å². The quantitative estimate of drug-likeness (QED) is 0.366. The number of likely N-dealkylation sites (N-methyl/N-ethyl adjacent to an activating group) is 1. The van der Waals surface area contributed by atoms with E-state index in [1.54, 1.807) is 12.1 Å². The number of nitrogens with zero attached hydrogens (tertiary/aromatic N) is 1. The van der Waals surface area contributed by atoms with Crippen molar-refractivity contribution in [3.8, 4) is 11.5 Å². The Balaban J connectivity index is 1.82. The lowest BCUT2D eigenvalue weighted by molar-refractivity contribution is 0.0342. The van der Waals surface area contributed by atoms with Crippen LogP contribution in [0.1, 0.15) is 55.4 Å². The Morgan fingerprint density at radius 1 is 1.05 bits per heavy atom. The van der Waals surface area contributed by atoms with E-state index in [0.29, 0.717) is 34.8 Å². The first-order chi connectivity index (χ1) is 17.8. The second-order valence-corrected chi connectivity index (χ2v) is 9.66. The lowest BCUT2D eigenvalue weighted by atomic mass is 9.88. The number of hydrogen-bond donors (Lipinski definition) is 4. The maximum atomic E-state index is 11.0. The van der Waals surface area contributed by atoms with E-state index in [4.69, 9.17) is 9.47 Å². The van der Waals surface area contributed by atoms with Crippen molar-refractivity contribution in [3.63, 3.8) is 0 Å². The summed E-state index contributed by atoms with van der Waals surface area (Å²) in [6, 6.07) is 11.3. The van der Waals surface area contributed by atoms with Gasteiger partial charge in [0, 0.05) is 36.8 Å². The van der Waals surface area contributed by atoms with Crippen molar-refractivity contribution in [1.82, 2.24) is 10.2 Å². The van der Waals surface area contributed by atoms with Crippen LogP contribution >= 0.6 is 0 Å². The molecule has 7 heteroatoms. The number of phenolic OH excluding ortho intramolecular Hbond substituents is 2. The predicted molar refractivity (Wildman–Crippen MR) is 146 cm³/mol. The van der Waals surface area contributed by atoms with Crippen LogP contribution in [0.5, 0.6) is 11.5 Å². The van der Waals surface area contributed by atoms with E-state index in [-0.39, 0.29) is 17.4 Å². The van der Waals surface area contributed by atoms with Crippen LogP contribution in [0, 0.1) is 0 Å². The highest BCUT2D eigenvalue weighted by Crippen LogP contribution is 2.44. The molecule has 2 aromatic rings. The number of allylic oxidation sites excluding steroid dienone is 1. The minimum atomic E-state index is -0.961. The summed E-state index contributed by atoms with van der Waals surface area (Å²) < 4.78 is 11.6. The summed E-state index contributed by atoms with van der Waals surface area (Å²) in [5.41, 5.74) is 4.45. The summed E-state index contributed by atoms with van der Waals surface area (Å²) in [6.45, 7) is 14.7. The number of aliphatic hydroxyl groups is 1. The third kappa shape index (κ3) is 6.08. The Hall–Kier alpha value is -3.10. The molecule has 2 aliphatic heterocycles. The number of nitrogens with one attached hydrogen (secondary N) is 1. The van der Waals surface area contributed by atoms with Crippen LogP contribution in [-0.2, 0) is 16.0 Å². The summed E-state index contributed by atoms with van der Waals surface area (Å²) in [5, 5.41) is 35.5. The molecule has 0 amide bonds. The predicted octanol–water partition coefficient (Wildman–Crippen LogP) is 4.71. The Bertz CT molecular complexity index is 1180. The van der Waals surface area contributed by atoms with Crippen LogP contribution in [0.25, 0.3) is 11.3 Å². The fourth-order valence-electron chi connectivity index (χ4n) is 4.78.